The van der Waals surface area contributed by atoms with Crippen molar-refractivity contribution < 1.29 is 27.6 Å². The second-order valence-corrected chi connectivity index (χ2v) is 9.90. The van der Waals surface area contributed by atoms with Crippen molar-refractivity contribution in [1.82, 2.24) is 20.6 Å². The highest BCUT2D eigenvalue weighted by molar-refractivity contribution is 6.08. The Morgan fingerprint density at radius 2 is 1.59 bits per heavy atom. The summed E-state index contributed by atoms with van der Waals surface area (Å²) in [4.78, 5) is 46.6. The molecule has 44 heavy (non-hydrogen) atoms. The van der Waals surface area contributed by atoms with E-state index in [9.17, 15) is 27.6 Å². The van der Waals surface area contributed by atoms with Gasteiger partial charge >= 0.3 is 6.18 Å². The molecular formula is C33H26F3N5O3. The summed E-state index contributed by atoms with van der Waals surface area (Å²) in [6.07, 6.45) is -2.86. The molecule has 8 nitrogen and oxygen atoms in total. The molecule has 0 saturated heterocycles. The number of nitrogens with zero attached hydrogens (tertiary/aromatic N) is 2. The van der Waals surface area contributed by atoms with Gasteiger partial charge in [-0.05, 0) is 71.8 Å². The lowest BCUT2D eigenvalue weighted by molar-refractivity contribution is -0.137. The van der Waals surface area contributed by atoms with E-state index in [-0.39, 0.29) is 29.7 Å². The molecule has 0 radical (unpaired) electrons. The lowest BCUT2D eigenvalue weighted by atomic mass is 9.98. The molecule has 0 aliphatic carbocycles. The number of halogens is 3. The monoisotopic (exact) mass is 597 g/mol. The van der Waals surface area contributed by atoms with Crippen LogP contribution >= 0.6 is 0 Å². The first-order valence-electron chi connectivity index (χ1n) is 13.5. The summed E-state index contributed by atoms with van der Waals surface area (Å²) < 4.78 is 39.0. The number of carbonyl (C=O) groups is 3. The molecule has 0 saturated carbocycles. The number of hydrogen-bond donors (Lipinski definition) is 3. The lowest BCUT2D eigenvalue weighted by Gasteiger charge is -2.19. The minimum Gasteiger partial charge on any atom is -0.354 e. The number of alkyl halides is 3. The van der Waals surface area contributed by atoms with Gasteiger partial charge in [0, 0.05) is 36.2 Å². The van der Waals surface area contributed by atoms with E-state index in [1.807, 2.05) is 0 Å². The van der Waals surface area contributed by atoms with Gasteiger partial charge < -0.3 is 16.0 Å². The Morgan fingerprint density at radius 1 is 0.841 bits per heavy atom. The van der Waals surface area contributed by atoms with Gasteiger partial charge in [0.25, 0.3) is 11.8 Å². The maximum atomic E-state index is 13.2. The molecule has 0 spiro atoms. The third-order valence-corrected chi connectivity index (χ3v) is 6.79. The zero-order chi connectivity index (χ0) is 31.3. The van der Waals surface area contributed by atoms with Crippen LogP contribution in [0.3, 0.4) is 0 Å². The Hall–Kier alpha value is -5.58. The van der Waals surface area contributed by atoms with E-state index in [4.69, 9.17) is 0 Å². The maximum absolute atomic E-state index is 13.2. The van der Waals surface area contributed by atoms with Gasteiger partial charge in [-0.2, -0.15) is 13.2 Å². The Labute approximate surface area is 250 Å². The molecule has 3 N–H and O–H groups in total. The molecular weight excluding hydrogens is 571 g/mol. The van der Waals surface area contributed by atoms with Crippen molar-refractivity contribution in [3.05, 3.63) is 126 Å². The Balaban J connectivity index is 1.32. The number of rotatable bonds is 8. The minimum atomic E-state index is -4.46. The predicted molar refractivity (Wildman–Crippen MR) is 160 cm³/mol. The quantitative estimate of drug-likeness (QED) is 0.198. The van der Waals surface area contributed by atoms with Crippen LogP contribution < -0.4 is 16.0 Å². The highest BCUT2D eigenvalue weighted by Crippen LogP contribution is 2.32. The smallest absolute Gasteiger partial charge is 0.354 e. The normalized spacial score (nSPS) is 11.9. The van der Waals surface area contributed by atoms with E-state index in [0.29, 0.717) is 33.3 Å². The van der Waals surface area contributed by atoms with Gasteiger partial charge in [0.2, 0.25) is 5.91 Å². The fourth-order valence-corrected chi connectivity index (χ4v) is 4.59. The first kappa shape index (κ1) is 29.9. The number of hydrogen-bond acceptors (Lipinski definition) is 5. The van der Waals surface area contributed by atoms with E-state index >= 15 is 0 Å². The minimum absolute atomic E-state index is 0.165. The Morgan fingerprint density at radius 3 is 2.30 bits per heavy atom. The topological polar surface area (TPSA) is 113 Å². The average molecular weight is 598 g/mol. The zero-order valence-corrected chi connectivity index (χ0v) is 23.4. The first-order chi connectivity index (χ1) is 21.1. The van der Waals surface area contributed by atoms with Gasteiger partial charge in [-0.1, -0.05) is 36.4 Å². The van der Waals surface area contributed by atoms with E-state index in [1.54, 1.807) is 79.0 Å². The van der Waals surface area contributed by atoms with Crippen molar-refractivity contribution >= 4 is 34.4 Å². The number of pyridine rings is 2. The number of anilines is 1. The van der Waals surface area contributed by atoms with Crippen molar-refractivity contribution in [2.45, 2.75) is 19.1 Å². The fourth-order valence-electron chi connectivity index (χ4n) is 4.59. The van der Waals surface area contributed by atoms with Crippen molar-refractivity contribution in [3.63, 3.8) is 0 Å². The summed E-state index contributed by atoms with van der Waals surface area (Å²) in [5.74, 6) is -0.830. The van der Waals surface area contributed by atoms with Crippen LogP contribution in [0.15, 0.2) is 103 Å². The third kappa shape index (κ3) is 7.06. The van der Waals surface area contributed by atoms with E-state index in [1.165, 1.54) is 19.1 Å². The highest BCUT2D eigenvalue weighted by Gasteiger charge is 2.30. The van der Waals surface area contributed by atoms with Crippen molar-refractivity contribution in [2.75, 3.05) is 11.9 Å². The fraction of sp³-hybridized carbons (Fsp3) is 0.121. The van der Waals surface area contributed by atoms with Crippen LogP contribution in [0.25, 0.3) is 22.0 Å². The van der Waals surface area contributed by atoms with Crippen molar-refractivity contribution in [1.29, 1.82) is 0 Å². The van der Waals surface area contributed by atoms with Gasteiger partial charge in [-0.25, -0.2) is 4.98 Å². The molecule has 5 aromatic rings. The second kappa shape index (κ2) is 12.7. The van der Waals surface area contributed by atoms with Gasteiger partial charge in [-0.15, -0.1) is 0 Å². The van der Waals surface area contributed by atoms with Gasteiger partial charge in [0.15, 0.2) is 0 Å². The van der Waals surface area contributed by atoms with Crippen molar-refractivity contribution in [3.8, 4) is 11.1 Å². The molecule has 2 aromatic heterocycles. The van der Waals surface area contributed by atoms with Crippen LogP contribution in [0.4, 0.5) is 19.0 Å². The maximum Gasteiger partial charge on any atom is 0.416 e. The molecule has 0 fully saturated rings. The van der Waals surface area contributed by atoms with Crippen LogP contribution in [0.1, 0.15) is 44.9 Å². The van der Waals surface area contributed by atoms with Crippen molar-refractivity contribution in [2.24, 2.45) is 0 Å². The molecule has 0 bridgehead atoms. The van der Waals surface area contributed by atoms with E-state index in [0.717, 1.165) is 12.1 Å². The summed E-state index contributed by atoms with van der Waals surface area (Å²) in [6, 6.07) is 24.2. The summed E-state index contributed by atoms with van der Waals surface area (Å²) in [7, 11) is 0. The zero-order valence-electron chi connectivity index (χ0n) is 23.4. The van der Waals surface area contributed by atoms with Gasteiger partial charge in [0.1, 0.15) is 5.82 Å². The molecule has 0 aliphatic heterocycles. The van der Waals surface area contributed by atoms with Crippen LogP contribution in [-0.4, -0.2) is 34.2 Å². The predicted octanol–water partition coefficient (Wildman–Crippen LogP) is 6.18. The number of amides is 3. The van der Waals surface area contributed by atoms with E-state index in [2.05, 4.69) is 25.9 Å². The number of benzene rings is 3. The summed E-state index contributed by atoms with van der Waals surface area (Å²) >= 11 is 0. The summed E-state index contributed by atoms with van der Waals surface area (Å²) in [5.41, 5.74) is 1.91. The highest BCUT2D eigenvalue weighted by atomic mass is 19.4. The molecule has 11 heteroatoms. The van der Waals surface area contributed by atoms with Crippen LogP contribution in [0.2, 0.25) is 0 Å². The summed E-state index contributed by atoms with van der Waals surface area (Å²) in [5, 5.41) is 9.01. The summed E-state index contributed by atoms with van der Waals surface area (Å²) in [6.45, 7) is 1.56. The third-order valence-electron chi connectivity index (χ3n) is 6.79. The average Bonchev–Trinajstić information content (AvgIpc) is 3.02. The molecule has 0 aliphatic rings. The molecule has 0 unspecified atom stereocenters. The standard InChI is InChI=1S/C33H26F3N5O3/c1-20(42)38-19-29(28-8-4-5-17-37-28)40-31(43)23-11-15-27-22(18-23)12-16-30(39-27)41-32(44)26-7-3-2-6-25(26)21-9-13-24(14-10-21)33(34,35)36/h2-18,29H,19H2,1H3,(H,38,42)(H,40,43)(H,39,41,44)/t29-/m0/s1. The number of fused-ring (bicyclic) bond motifs is 1. The van der Waals surface area contributed by atoms with Crippen LogP contribution in [-0.2, 0) is 11.0 Å². The van der Waals surface area contributed by atoms with Gasteiger partial charge in [0.05, 0.1) is 22.8 Å². The lowest BCUT2D eigenvalue weighted by Crippen LogP contribution is -2.37. The molecule has 3 amide bonds. The van der Waals surface area contributed by atoms with Crippen LogP contribution in [0, 0.1) is 0 Å². The molecule has 3 aromatic carbocycles. The number of aromatic nitrogens is 2. The largest absolute Gasteiger partial charge is 0.416 e. The van der Waals surface area contributed by atoms with Crippen LogP contribution in [0.5, 0.6) is 0 Å². The Kier molecular flexibility index (Phi) is 8.66. The Bertz CT molecular complexity index is 1830. The first-order valence-corrected chi connectivity index (χ1v) is 13.5. The van der Waals surface area contributed by atoms with Gasteiger partial charge in [-0.3, -0.25) is 19.4 Å². The number of nitrogens with one attached hydrogen (secondary N) is 3. The molecule has 1 atom stereocenters. The molecule has 5 rings (SSSR count). The molecule has 2 heterocycles. The van der Waals surface area contributed by atoms with E-state index < -0.39 is 23.7 Å². The molecule has 222 valence electrons. The SMILES string of the molecule is CC(=O)NC[C@H](NC(=O)c1ccc2nc(NC(=O)c3ccccc3-c3ccc(C(F)(F)F)cc3)ccc2c1)c1ccccn1. The number of carbonyl (C=O) groups excluding carboxylic acids is 3. The second-order valence-electron chi connectivity index (χ2n) is 9.90.